The van der Waals surface area contributed by atoms with E-state index in [1.165, 1.54) is 17.7 Å². The number of hydrogen-bond donors (Lipinski definition) is 1. The van der Waals surface area contributed by atoms with Crippen molar-refractivity contribution in [2.45, 2.75) is 85.6 Å². The molecule has 140 valence electrons. The van der Waals surface area contributed by atoms with Crippen LogP contribution in [0.5, 0.6) is 0 Å². The first-order valence-electron chi connectivity index (χ1n) is 9.94. The molecule has 0 aromatic carbocycles. The van der Waals surface area contributed by atoms with Gasteiger partial charge in [0, 0.05) is 5.69 Å². The van der Waals surface area contributed by atoms with E-state index in [1.54, 1.807) is 0 Å². The molecule has 1 atom stereocenters. The van der Waals surface area contributed by atoms with Crippen LogP contribution in [0.4, 0.5) is 0 Å². The molecule has 1 N–H and O–H groups in total. The molecular weight excluding hydrogens is 312 g/mol. The van der Waals surface area contributed by atoms with E-state index in [9.17, 15) is 9.90 Å². The minimum Gasteiger partial charge on any atom is -0.481 e. The lowest BCUT2D eigenvalue weighted by Crippen LogP contribution is -2.45. The quantitative estimate of drug-likeness (QED) is 0.849. The Balaban J connectivity index is 1.81. The van der Waals surface area contributed by atoms with Gasteiger partial charge in [-0.25, -0.2) is 0 Å². The van der Waals surface area contributed by atoms with E-state index in [1.807, 2.05) is 0 Å². The van der Waals surface area contributed by atoms with Gasteiger partial charge in [-0.2, -0.15) is 5.10 Å². The van der Waals surface area contributed by atoms with Gasteiger partial charge >= 0.3 is 5.97 Å². The molecule has 1 aromatic heterocycles. The van der Waals surface area contributed by atoms with Crippen molar-refractivity contribution in [1.82, 2.24) is 9.78 Å². The summed E-state index contributed by atoms with van der Waals surface area (Å²) in [5, 5.41) is 14.0. The number of fused-ring (bicyclic) bond motifs is 1. The highest BCUT2D eigenvalue weighted by Gasteiger charge is 2.47. The Hall–Kier alpha value is -1.32. The number of carboxylic acids is 1. The number of carboxylic acid groups (broad SMARTS) is 1. The van der Waals surface area contributed by atoms with Crippen LogP contribution >= 0.6 is 0 Å². The summed E-state index contributed by atoms with van der Waals surface area (Å²) in [5.74, 6) is -0.139. The zero-order valence-electron chi connectivity index (χ0n) is 16.5. The monoisotopic (exact) mass is 346 g/mol. The summed E-state index contributed by atoms with van der Waals surface area (Å²) in [4.78, 5) is 11.2. The van der Waals surface area contributed by atoms with Gasteiger partial charge < -0.3 is 5.11 Å². The fraction of sp³-hybridized carbons (Fsp3) is 0.810. The summed E-state index contributed by atoms with van der Waals surface area (Å²) in [6, 6.07) is 0.389. The maximum absolute atomic E-state index is 11.2. The van der Waals surface area contributed by atoms with Crippen LogP contribution in [0.1, 0.15) is 84.0 Å². The van der Waals surface area contributed by atoms with Crippen molar-refractivity contribution in [3.05, 3.63) is 17.5 Å². The predicted octanol–water partition coefficient (Wildman–Crippen LogP) is 4.88. The molecule has 25 heavy (non-hydrogen) atoms. The third-order valence-electron chi connectivity index (χ3n) is 7.29. The van der Waals surface area contributed by atoms with Gasteiger partial charge in [-0.05, 0) is 67.3 Å². The second kappa shape index (κ2) is 6.44. The summed E-state index contributed by atoms with van der Waals surface area (Å²) < 4.78 is 2.25. The molecule has 0 spiro atoms. The molecule has 1 aromatic rings. The summed E-state index contributed by atoms with van der Waals surface area (Å²) in [6.45, 7) is 11.9. The molecule has 1 heterocycles. The third-order valence-corrected chi connectivity index (χ3v) is 7.29. The van der Waals surface area contributed by atoms with Crippen molar-refractivity contribution in [3.63, 3.8) is 0 Å². The van der Waals surface area contributed by atoms with Gasteiger partial charge in [0.25, 0.3) is 0 Å². The van der Waals surface area contributed by atoms with Gasteiger partial charge in [-0.15, -0.1) is 0 Å². The van der Waals surface area contributed by atoms with E-state index in [-0.39, 0.29) is 11.3 Å². The van der Waals surface area contributed by atoms with Crippen molar-refractivity contribution in [2.75, 3.05) is 0 Å². The van der Waals surface area contributed by atoms with Gasteiger partial charge in [0.15, 0.2) is 0 Å². The Morgan fingerprint density at radius 1 is 1.28 bits per heavy atom. The normalized spacial score (nSPS) is 30.3. The van der Waals surface area contributed by atoms with E-state index in [0.29, 0.717) is 17.4 Å². The van der Waals surface area contributed by atoms with E-state index in [4.69, 9.17) is 5.10 Å². The standard InChI is InChI=1S/C21H34N2O2/c1-14(2)21(20(3,4)5)11-10-18-16(12-21)13-22-23(18)17-8-6-15(7-9-17)19(24)25/h13-15,17H,6-12H2,1-5H3,(H,24,25). The first-order valence-corrected chi connectivity index (χ1v) is 9.94. The zero-order valence-corrected chi connectivity index (χ0v) is 16.5. The molecule has 0 aliphatic heterocycles. The van der Waals surface area contributed by atoms with Gasteiger partial charge in [0.1, 0.15) is 0 Å². The maximum Gasteiger partial charge on any atom is 0.306 e. The molecule has 1 fully saturated rings. The van der Waals surface area contributed by atoms with Gasteiger partial charge in [0.2, 0.25) is 0 Å². The number of carbonyl (C=O) groups is 1. The second-order valence-corrected chi connectivity index (χ2v) is 9.64. The molecule has 2 aliphatic rings. The molecule has 0 amide bonds. The van der Waals surface area contributed by atoms with E-state index in [2.05, 4.69) is 45.5 Å². The number of nitrogens with zero attached hydrogens (tertiary/aromatic N) is 2. The second-order valence-electron chi connectivity index (χ2n) is 9.64. The van der Waals surface area contributed by atoms with Crippen LogP contribution in [0.15, 0.2) is 6.20 Å². The van der Waals surface area contributed by atoms with Crippen LogP contribution in [-0.2, 0) is 17.6 Å². The van der Waals surface area contributed by atoms with Crippen molar-refractivity contribution in [1.29, 1.82) is 0 Å². The molecular formula is C21H34N2O2. The minimum absolute atomic E-state index is 0.155. The Kier molecular flexibility index (Phi) is 4.76. The van der Waals surface area contributed by atoms with Crippen molar-refractivity contribution in [3.8, 4) is 0 Å². The number of rotatable bonds is 3. The van der Waals surface area contributed by atoms with Crippen molar-refractivity contribution < 1.29 is 9.90 Å². The smallest absolute Gasteiger partial charge is 0.306 e. The molecule has 0 radical (unpaired) electrons. The highest BCUT2D eigenvalue weighted by Crippen LogP contribution is 2.53. The molecule has 1 unspecified atom stereocenters. The van der Waals surface area contributed by atoms with Crippen LogP contribution in [0.3, 0.4) is 0 Å². The van der Waals surface area contributed by atoms with Gasteiger partial charge in [-0.1, -0.05) is 34.6 Å². The van der Waals surface area contributed by atoms with Crippen LogP contribution in [0.2, 0.25) is 0 Å². The van der Waals surface area contributed by atoms with Crippen LogP contribution in [0, 0.1) is 22.7 Å². The minimum atomic E-state index is -0.632. The fourth-order valence-corrected chi connectivity index (χ4v) is 5.50. The highest BCUT2D eigenvalue weighted by molar-refractivity contribution is 5.70. The lowest BCUT2D eigenvalue weighted by molar-refractivity contribution is -0.143. The first-order chi connectivity index (χ1) is 11.7. The highest BCUT2D eigenvalue weighted by atomic mass is 16.4. The Morgan fingerprint density at radius 2 is 1.92 bits per heavy atom. The predicted molar refractivity (Wildman–Crippen MR) is 99.6 cm³/mol. The molecule has 2 aliphatic carbocycles. The average molecular weight is 347 g/mol. The summed E-state index contributed by atoms with van der Waals surface area (Å²) in [5.41, 5.74) is 3.45. The molecule has 3 rings (SSSR count). The first kappa shape index (κ1) is 18.5. The summed E-state index contributed by atoms with van der Waals surface area (Å²) in [7, 11) is 0. The lowest BCUT2D eigenvalue weighted by Gasteiger charge is -2.51. The number of aromatic nitrogens is 2. The lowest BCUT2D eigenvalue weighted by atomic mass is 9.54. The van der Waals surface area contributed by atoms with Crippen LogP contribution in [0.25, 0.3) is 0 Å². The topological polar surface area (TPSA) is 55.1 Å². The van der Waals surface area contributed by atoms with E-state index in [0.717, 1.165) is 38.5 Å². The number of aliphatic carboxylic acids is 1. The molecule has 4 heteroatoms. The molecule has 4 nitrogen and oxygen atoms in total. The zero-order chi connectivity index (χ0) is 18.4. The third kappa shape index (κ3) is 3.13. The Bertz CT molecular complexity index is 633. The fourth-order valence-electron chi connectivity index (χ4n) is 5.50. The van der Waals surface area contributed by atoms with Crippen molar-refractivity contribution in [2.24, 2.45) is 22.7 Å². The van der Waals surface area contributed by atoms with Crippen molar-refractivity contribution >= 4 is 5.97 Å². The largest absolute Gasteiger partial charge is 0.481 e. The van der Waals surface area contributed by atoms with Gasteiger partial charge in [0.05, 0.1) is 18.2 Å². The van der Waals surface area contributed by atoms with Gasteiger partial charge in [-0.3, -0.25) is 9.48 Å². The van der Waals surface area contributed by atoms with E-state index < -0.39 is 5.97 Å². The molecule has 1 saturated carbocycles. The summed E-state index contributed by atoms with van der Waals surface area (Å²) >= 11 is 0. The Morgan fingerprint density at radius 3 is 2.44 bits per heavy atom. The SMILES string of the molecule is CC(C)C1(C(C)(C)C)CCc2c(cnn2C2CCC(C(=O)O)CC2)C1. The van der Waals surface area contributed by atoms with Crippen LogP contribution in [-0.4, -0.2) is 20.9 Å². The van der Waals surface area contributed by atoms with Crippen LogP contribution < -0.4 is 0 Å². The van der Waals surface area contributed by atoms with E-state index >= 15 is 0 Å². The maximum atomic E-state index is 11.2. The Labute approximate surface area is 152 Å². The average Bonchev–Trinajstić information content (AvgIpc) is 2.96. The summed E-state index contributed by atoms with van der Waals surface area (Å²) in [6.07, 6.45) is 8.99. The molecule has 0 bridgehead atoms. The number of hydrogen-bond acceptors (Lipinski definition) is 2. The molecule has 0 saturated heterocycles.